The van der Waals surface area contributed by atoms with Crippen LogP contribution in [0.4, 0.5) is 0 Å². The molecule has 0 aliphatic carbocycles. The molecule has 1 atom stereocenters. The molecule has 1 aliphatic rings. The molecule has 0 saturated carbocycles. The van der Waals surface area contributed by atoms with E-state index in [0.29, 0.717) is 4.99 Å². The van der Waals surface area contributed by atoms with Crippen molar-refractivity contribution in [1.29, 1.82) is 0 Å². The average Bonchev–Trinajstić information content (AvgIpc) is 2.83. The molecule has 1 aromatic carbocycles. The van der Waals surface area contributed by atoms with Crippen molar-refractivity contribution >= 4 is 17.2 Å². The molecule has 4 heteroatoms. The van der Waals surface area contributed by atoms with Crippen LogP contribution < -0.4 is 10.5 Å². The van der Waals surface area contributed by atoms with Crippen molar-refractivity contribution in [2.45, 2.75) is 18.9 Å². The lowest BCUT2D eigenvalue weighted by Crippen LogP contribution is -2.34. The number of hydrogen-bond donors (Lipinski definition) is 1. The molecule has 17 heavy (non-hydrogen) atoms. The van der Waals surface area contributed by atoms with Crippen LogP contribution in [0, 0.1) is 0 Å². The van der Waals surface area contributed by atoms with E-state index in [0.717, 1.165) is 24.4 Å². The van der Waals surface area contributed by atoms with Crippen molar-refractivity contribution < 1.29 is 4.74 Å². The van der Waals surface area contributed by atoms with Crippen LogP contribution in [0.25, 0.3) is 0 Å². The van der Waals surface area contributed by atoms with Gasteiger partial charge in [0.25, 0.3) is 0 Å². The van der Waals surface area contributed by atoms with E-state index in [2.05, 4.69) is 4.90 Å². The summed E-state index contributed by atoms with van der Waals surface area (Å²) in [5, 5.41) is 0. The largest absolute Gasteiger partial charge is 0.497 e. The minimum atomic E-state index is 0.0680. The molecule has 0 bridgehead atoms. The van der Waals surface area contributed by atoms with Crippen molar-refractivity contribution in [3.8, 4) is 5.75 Å². The van der Waals surface area contributed by atoms with Crippen LogP contribution >= 0.6 is 12.2 Å². The first-order valence-electron chi connectivity index (χ1n) is 5.89. The van der Waals surface area contributed by atoms with Crippen LogP contribution in [0.15, 0.2) is 24.3 Å². The third-order valence-electron chi connectivity index (χ3n) is 3.21. The Kier molecular flexibility index (Phi) is 3.97. The lowest BCUT2D eigenvalue weighted by molar-refractivity contribution is 0.305. The highest BCUT2D eigenvalue weighted by Gasteiger charge is 2.25. The lowest BCUT2D eigenvalue weighted by Gasteiger charge is -2.26. The summed E-state index contributed by atoms with van der Waals surface area (Å²) in [7, 11) is 1.67. The molecule has 92 valence electrons. The van der Waals surface area contributed by atoms with Crippen LogP contribution in [-0.4, -0.2) is 30.1 Å². The topological polar surface area (TPSA) is 38.5 Å². The Morgan fingerprint density at radius 1 is 1.29 bits per heavy atom. The minimum Gasteiger partial charge on any atom is -0.497 e. The molecule has 1 fully saturated rings. The highest BCUT2D eigenvalue weighted by atomic mass is 32.1. The molecule has 1 heterocycles. The Balaban J connectivity index is 2.22. The van der Waals surface area contributed by atoms with E-state index < -0.39 is 0 Å². The fraction of sp³-hybridized carbons (Fsp3) is 0.462. The van der Waals surface area contributed by atoms with Crippen molar-refractivity contribution in [2.24, 2.45) is 5.73 Å². The molecule has 0 radical (unpaired) electrons. The molecule has 0 spiro atoms. The second-order valence-electron chi connectivity index (χ2n) is 4.32. The van der Waals surface area contributed by atoms with Gasteiger partial charge in [-0.15, -0.1) is 0 Å². The highest BCUT2D eigenvalue weighted by molar-refractivity contribution is 7.80. The zero-order chi connectivity index (χ0) is 12.3. The smallest absolute Gasteiger partial charge is 0.118 e. The van der Waals surface area contributed by atoms with Gasteiger partial charge >= 0.3 is 0 Å². The van der Waals surface area contributed by atoms with Gasteiger partial charge in [0.05, 0.1) is 18.1 Å². The number of nitrogens with zero attached hydrogens (tertiary/aromatic N) is 1. The van der Waals surface area contributed by atoms with Gasteiger partial charge in [-0.2, -0.15) is 0 Å². The van der Waals surface area contributed by atoms with E-state index >= 15 is 0 Å². The molecule has 0 amide bonds. The van der Waals surface area contributed by atoms with Crippen LogP contribution in [-0.2, 0) is 0 Å². The van der Waals surface area contributed by atoms with Gasteiger partial charge in [-0.25, -0.2) is 0 Å². The Hall–Kier alpha value is -1.13. The second kappa shape index (κ2) is 5.47. The predicted molar refractivity (Wildman–Crippen MR) is 73.3 cm³/mol. The SMILES string of the molecule is COc1ccc(C(C(N)=S)N2CCCC2)cc1. The third-order valence-corrected chi connectivity index (χ3v) is 3.43. The van der Waals surface area contributed by atoms with Gasteiger partial charge in [-0.1, -0.05) is 24.4 Å². The summed E-state index contributed by atoms with van der Waals surface area (Å²) in [4.78, 5) is 2.90. The zero-order valence-corrected chi connectivity index (χ0v) is 10.9. The maximum atomic E-state index is 5.88. The van der Waals surface area contributed by atoms with Crippen LogP contribution in [0.1, 0.15) is 24.4 Å². The van der Waals surface area contributed by atoms with Gasteiger partial charge in [0.2, 0.25) is 0 Å². The van der Waals surface area contributed by atoms with E-state index in [1.165, 1.54) is 12.8 Å². The van der Waals surface area contributed by atoms with Gasteiger partial charge < -0.3 is 10.5 Å². The number of likely N-dealkylation sites (tertiary alicyclic amines) is 1. The summed E-state index contributed by atoms with van der Waals surface area (Å²) in [5.74, 6) is 0.858. The van der Waals surface area contributed by atoms with Crippen LogP contribution in [0.2, 0.25) is 0 Å². The van der Waals surface area contributed by atoms with Crippen LogP contribution in [0.5, 0.6) is 5.75 Å². The van der Waals surface area contributed by atoms with E-state index in [1.54, 1.807) is 7.11 Å². The Labute approximate surface area is 108 Å². The number of thiocarbonyl (C=S) groups is 1. The standard InChI is InChI=1S/C13H18N2OS/c1-16-11-6-4-10(5-7-11)12(13(14)17)15-8-2-3-9-15/h4-7,12H,2-3,8-9H2,1H3,(H2,14,17). The number of rotatable bonds is 4. The maximum absolute atomic E-state index is 5.88. The molecule has 1 aliphatic heterocycles. The van der Waals surface area contributed by atoms with Crippen molar-refractivity contribution in [2.75, 3.05) is 20.2 Å². The van der Waals surface area contributed by atoms with E-state index in [4.69, 9.17) is 22.7 Å². The Morgan fingerprint density at radius 2 is 1.88 bits per heavy atom. The summed E-state index contributed by atoms with van der Waals surface area (Å²) in [6, 6.07) is 8.06. The summed E-state index contributed by atoms with van der Waals surface area (Å²) in [5.41, 5.74) is 7.03. The number of nitrogens with two attached hydrogens (primary N) is 1. The summed E-state index contributed by atoms with van der Waals surface area (Å²) in [6.45, 7) is 2.15. The number of methoxy groups -OCH3 is 1. The first-order chi connectivity index (χ1) is 8.22. The summed E-state index contributed by atoms with van der Waals surface area (Å²) >= 11 is 5.20. The van der Waals surface area contributed by atoms with Crippen LogP contribution in [0.3, 0.4) is 0 Å². The molecule has 1 aromatic rings. The Bertz CT molecular complexity index is 385. The molecule has 2 rings (SSSR count). The van der Waals surface area contributed by atoms with Crippen molar-refractivity contribution in [3.63, 3.8) is 0 Å². The van der Waals surface area contributed by atoms with Gasteiger partial charge in [-0.3, -0.25) is 4.90 Å². The predicted octanol–water partition coefficient (Wildman–Crippen LogP) is 2.12. The Morgan fingerprint density at radius 3 is 2.35 bits per heavy atom. The first kappa shape index (κ1) is 12.3. The van der Waals surface area contributed by atoms with Crippen molar-refractivity contribution in [3.05, 3.63) is 29.8 Å². The molecular weight excluding hydrogens is 232 g/mol. The first-order valence-corrected chi connectivity index (χ1v) is 6.30. The van der Waals surface area contributed by atoms with Gasteiger partial charge in [0, 0.05) is 0 Å². The molecular formula is C13H18N2OS. The lowest BCUT2D eigenvalue weighted by atomic mass is 10.1. The van der Waals surface area contributed by atoms with E-state index in [-0.39, 0.29) is 6.04 Å². The van der Waals surface area contributed by atoms with Gasteiger partial charge in [-0.05, 0) is 43.6 Å². The monoisotopic (exact) mass is 250 g/mol. The van der Waals surface area contributed by atoms with Gasteiger partial charge in [0.1, 0.15) is 5.75 Å². The summed E-state index contributed by atoms with van der Waals surface area (Å²) < 4.78 is 5.16. The molecule has 0 aromatic heterocycles. The van der Waals surface area contributed by atoms with E-state index in [9.17, 15) is 0 Å². The maximum Gasteiger partial charge on any atom is 0.118 e. The normalized spacial score (nSPS) is 17.9. The van der Waals surface area contributed by atoms with E-state index in [1.807, 2.05) is 24.3 Å². The number of hydrogen-bond acceptors (Lipinski definition) is 3. The number of ether oxygens (including phenoxy) is 1. The van der Waals surface area contributed by atoms with Crippen molar-refractivity contribution in [1.82, 2.24) is 4.90 Å². The molecule has 1 saturated heterocycles. The fourth-order valence-electron chi connectivity index (χ4n) is 2.34. The number of benzene rings is 1. The molecule has 1 unspecified atom stereocenters. The minimum absolute atomic E-state index is 0.0680. The average molecular weight is 250 g/mol. The fourth-order valence-corrected chi connectivity index (χ4v) is 2.63. The second-order valence-corrected chi connectivity index (χ2v) is 4.79. The molecule has 2 N–H and O–H groups in total. The third kappa shape index (κ3) is 2.76. The zero-order valence-electron chi connectivity index (χ0n) is 10.1. The summed E-state index contributed by atoms with van der Waals surface area (Å²) in [6.07, 6.45) is 2.46. The highest BCUT2D eigenvalue weighted by Crippen LogP contribution is 2.26. The molecule has 3 nitrogen and oxygen atoms in total. The quantitative estimate of drug-likeness (QED) is 0.831. The van der Waals surface area contributed by atoms with Gasteiger partial charge in [0.15, 0.2) is 0 Å².